The molecular weight excluding hydrogens is 420 g/mol. The van der Waals surface area contributed by atoms with Gasteiger partial charge in [0.05, 0.1) is 0 Å². The van der Waals surface area contributed by atoms with E-state index in [0.29, 0.717) is 20.2 Å². The average molecular weight is 450 g/mol. The Labute approximate surface area is 167 Å². The molecule has 5 heteroatoms. The number of hydrogen-bond acceptors (Lipinski definition) is 3. The molecule has 29 heavy (non-hydrogen) atoms. The first kappa shape index (κ1) is 14.6. The molecule has 0 aromatic heterocycles. The van der Waals surface area contributed by atoms with Crippen LogP contribution in [-0.2, 0) is 6.51 Å². The van der Waals surface area contributed by atoms with Gasteiger partial charge in [0.1, 0.15) is 0 Å². The van der Waals surface area contributed by atoms with Crippen LogP contribution >= 0.6 is 11.8 Å². The molecule has 5 unspecified atom stereocenters. The van der Waals surface area contributed by atoms with Crippen LogP contribution in [-0.4, -0.2) is 36.9 Å². The first-order valence-corrected chi connectivity index (χ1v) is 18.8. The molecule has 1 amide bonds. The Morgan fingerprint density at radius 3 is 2.07 bits per heavy atom. The summed E-state index contributed by atoms with van der Waals surface area (Å²) in [5, 5.41) is 3.93. The molecule has 11 rings (SSSR count). The van der Waals surface area contributed by atoms with E-state index in [2.05, 4.69) is 49.7 Å². The van der Waals surface area contributed by atoms with Gasteiger partial charge < -0.3 is 0 Å². The normalized spacial score (nSPS) is 77.6. The minimum absolute atomic E-state index is 0.253. The van der Waals surface area contributed by atoms with Crippen molar-refractivity contribution in [3.05, 3.63) is 35.9 Å². The van der Waals surface area contributed by atoms with Crippen LogP contribution in [0.2, 0.25) is 38.5 Å². The van der Waals surface area contributed by atoms with Crippen LogP contribution in [0.15, 0.2) is 30.3 Å². The van der Waals surface area contributed by atoms with E-state index in [-0.39, 0.29) is 5.91 Å². The van der Waals surface area contributed by atoms with Gasteiger partial charge in [-0.15, -0.1) is 0 Å². The second kappa shape index (κ2) is 1.81. The molecule has 10 aliphatic rings. The molecule has 3 nitrogen and oxygen atoms in total. The van der Waals surface area contributed by atoms with E-state index in [9.17, 15) is 4.79 Å². The average Bonchev–Trinajstić information content (AvgIpc) is 3.64. The van der Waals surface area contributed by atoms with Crippen LogP contribution in [0.25, 0.3) is 0 Å². The van der Waals surface area contributed by atoms with Gasteiger partial charge in [-0.3, -0.25) is 0 Å². The van der Waals surface area contributed by atoms with Gasteiger partial charge in [0.2, 0.25) is 0 Å². The van der Waals surface area contributed by atoms with E-state index in [4.69, 9.17) is 0 Å². The molecule has 0 saturated carbocycles. The molecule has 10 heterocycles. The standard InChI is InChI=1S/C19H25N2OS.C5H5.Fe/c1-14(2)21(15(3)4)13-23-18-12-8-11-17(18)20-19(22)16-9-6-5-7-10-16;1-2-4-5-3-1;/h5-12,14-15H,13H2,1-4H3,(H,20,22);1-5H;. The van der Waals surface area contributed by atoms with Gasteiger partial charge in [0, 0.05) is 0 Å². The zero-order valence-electron chi connectivity index (χ0n) is 17.5. The summed E-state index contributed by atoms with van der Waals surface area (Å²) in [7, 11) is 0. The molecule has 156 valence electrons. The number of nitrogens with zero attached hydrogens (tertiary/aromatic N) is 1. The number of carbonyl (C=O) groups excluding carboxylic acids is 1. The molecule has 10 fully saturated rings. The van der Waals surface area contributed by atoms with Crippen LogP contribution in [0.3, 0.4) is 0 Å². The topological polar surface area (TPSA) is 32.3 Å². The summed E-state index contributed by atoms with van der Waals surface area (Å²) in [6, 6.07) is 11.3. The molecule has 10 aliphatic heterocycles. The molecule has 5 atom stereocenters. The molecule has 0 aliphatic carbocycles. The molecule has 10 saturated heterocycles. The van der Waals surface area contributed by atoms with Crippen LogP contribution in [0.1, 0.15) is 38.1 Å². The monoisotopic (exact) mass is 450 g/mol. The van der Waals surface area contributed by atoms with Gasteiger partial charge in [-0.05, 0) is 0 Å². The second-order valence-electron chi connectivity index (χ2n) is 14.5. The SMILES string of the molecule is CC(C)N(CS[C]12[CH]3[CH]4[CH]5[C]1(NC(=O)c1ccccc1)[Fe]45321678[CH]2[CH]1[CH]6[CH]7[CH]28)C(C)C. The Balaban J connectivity index is 1.09. The predicted octanol–water partition coefficient (Wildman–Crippen LogP) is 5.43. The fourth-order valence-corrected chi connectivity index (χ4v) is 103. The Kier molecular flexibility index (Phi) is 0.907. The first-order chi connectivity index (χ1) is 13.7. The van der Waals surface area contributed by atoms with Crippen molar-refractivity contribution >= 4 is 17.7 Å². The van der Waals surface area contributed by atoms with E-state index >= 15 is 0 Å². The fraction of sp³-hybridized carbons (Fsp3) is 0.708. The van der Waals surface area contributed by atoms with Gasteiger partial charge in [-0.25, -0.2) is 0 Å². The van der Waals surface area contributed by atoms with Crippen LogP contribution in [0.5, 0.6) is 0 Å². The van der Waals surface area contributed by atoms with Crippen molar-refractivity contribution in [2.24, 2.45) is 0 Å². The van der Waals surface area contributed by atoms with Gasteiger partial charge in [-0.2, -0.15) is 0 Å². The zero-order valence-corrected chi connectivity index (χ0v) is 19.4. The van der Waals surface area contributed by atoms with Gasteiger partial charge in [0.15, 0.2) is 0 Å². The molecular formula is C24H30FeN2OS. The third-order valence-corrected chi connectivity index (χ3v) is 65.2. The molecule has 0 radical (unpaired) electrons. The van der Waals surface area contributed by atoms with Crippen LogP contribution in [0, 0.1) is 0 Å². The van der Waals surface area contributed by atoms with Crippen molar-refractivity contribution in [3.8, 4) is 0 Å². The number of nitrogens with one attached hydrogen (secondary N) is 1. The second-order valence-corrected chi connectivity index (χ2v) is 39.2. The van der Waals surface area contributed by atoms with E-state index < -0.39 is 6.51 Å². The molecule has 0 bridgehead atoms. The van der Waals surface area contributed by atoms with Crippen molar-refractivity contribution in [2.45, 2.75) is 86.4 Å². The molecule has 1 N–H and O–H groups in total. The van der Waals surface area contributed by atoms with Crippen molar-refractivity contribution in [1.82, 2.24) is 10.2 Å². The maximum atomic E-state index is 13.4. The number of benzene rings is 1. The third kappa shape index (κ3) is 0.270. The number of hydrogen-bond donors (Lipinski definition) is 1. The van der Waals surface area contributed by atoms with E-state index in [1.165, 1.54) is 39.6 Å². The van der Waals surface area contributed by atoms with Crippen LogP contribution in [0.4, 0.5) is 0 Å². The summed E-state index contributed by atoms with van der Waals surface area (Å²) in [6.07, 6.45) is 0. The van der Waals surface area contributed by atoms with Gasteiger partial charge >= 0.3 is 167 Å². The summed E-state index contributed by atoms with van der Waals surface area (Å²) in [5.41, 5.74) is 0.884. The number of carbonyl (C=O) groups is 1. The summed E-state index contributed by atoms with van der Waals surface area (Å²) >= 11 is 2.40. The van der Waals surface area contributed by atoms with Crippen molar-refractivity contribution in [2.75, 3.05) is 5.88 Å². The van der Waals surface area contributed by atoms with Crippen molar-refractivity contribution in [3.63, 3.8) is 0 Å². The summed E-state index contributed by atoms with van der Waals surface area (Å²) in [5.74, 6) is 1.44. The van der Waals surface area contributed by atoms with Gasteiger partial charge in [0.25, 0.3) is 0 Å². The van der Waals surface area contributed by atoms with Gasteiger partial charge in [-0.1, -0.05) is 0 Å². The maximum absolute atomic E-state index is 13.4. The summed E-state index contributed by atoms with van der Waals surface area (Å²) in [4.78, 5) is 25.6. The Hall–Kier alpha value is -0.481. The first-order valence-electron chi connectivity index (χ1n) is 11.6. The van der Waals surface area contributed by atoms with E-state index in [1.54, 1.807) is 0 Å². The minimum atomic E-state index is -3.59. The van der Waals surface area contributed by atoms with Crippen LogP contribution < -0.4 is 5.32 Å². The summed E-state index contributed by atoms with van der Waals surface area (Å²) < 4.78 is 0.960. The Bertz CT molecular complexity index is 1440. The third-order valence-electron chi connectivity index (χ3n) is 17.8. The Morgan fingerprint density at radius 1 is 1.00 bits per heavy atom. The number of thioether (sulfide) groups is 1. The molecule has 1 spiro atoms. The predicted molar refractivity (Wildman–Crippen MR) is 114 cm³/mol. The quantitative estimate of drug-likeness (QED) is 0.444. The number of rotatable bonds is 7. The van der Waals surface area contributed by atoms with E-state index in [1.807, 2.05) is 30.3 Å². The van der Waals surface area contributed by atoms with Crippen molar-refractivity contribution < 1.29 is 11.3 Å². The zero-order chi connectivity index (χ0) is 19.5. The number of fused-ring (bicyclic) bond motifs is 10. The summed E-state index contributed by atoms with van der Waals surface area (Å²) in [6.45, 7) is 5.82. The molecule has 1 aromatic carbocycles. The number of amides is 1. The Morgan fingerprint density at radius 2 is 1.59 bits per heavy atom. The van der Waals surface area contributed by atoms with E-state index in [0.717, 1.165) is 10.4 Å². The fourth-order valence-electron chi connectivity index (χ4n) is 19.0. The van der Waals surface area contributed by atoms with Crippen molar-refractivity contribution in [1.29, 1.82) is 0 Å². The molecule has 1 aromatic rings.